The Bertz CT molecular complexity index is 1660. The zero-order valence-corrected chi connectivity index (χ0v) is 21.6. The zero-order chi connectivity index (χ0) is 26.0. The number of rotatable bonds is 4. The van der Waals surface area contributed by atoms with E-state index in [1.807, 2.05) is 77.2 Å². The van der Waals surface area contributed by atoms with Crippen LogP contribution < -0.4 is 5.32 Å². The van der Waals surface area contributed by atoms with E-state index in [1.165, 1.54) is 11.3 Å². The highest BCUT2D eigenvalue weighted by Gasteiger charge is 2.70. The molecule has 1 saturated heterocycles. The van der Waals surface area contributed by atoms with Crippen molar-refractivity contribution in [3.8, 4) is 0 Å². The van der Waals surface area contributed by atoms with Gasteiger partial charge in [0.25, 0.3) is 0 Å². The first-order chi connectivity index (χ1) is 18.5. The Balaban J connectivity index is 1.56. The molecule has 3 aliphatic heterocycles. The number of ketones is 2. The van der Waals surface area contributed by atoms with E-state index in [1.54, 1.807) is 30.3 Å². The Morgan fingerprint density at radius 3 is 2.47 bits per heavy atom. The molecule has 1 spiro atoms. The van der Waals surface area contributed by atoms with Crippen LogP contribution in [0.25, 0.3) is 6.08 Å². The second-order valence-corrected chi connectivity index (χ2v) is 11.1. The van der Waals surface area contributed by atoms with Gasteiger partial charge in [0, 0.05) is 17.5 Å². The molecule has 3 aliphatic rings. The van der Waals surface area contributed by atoms with Gasteiger partial charge in [-0.2, -0.15) is 0 Å². The molecular formula is C31H21ClN2O3S. The number of carbonyl (C=O) groups excluding carboxylic acids is 3. The summed E-state index contributed by atoms with van der Waals surface area (Å²) in [4.78, 5) is 45.8. The van der Waals surface area contributed by atoms with Crippen LogP contribution in [0.2, 0.25) is 5.02 Å². The molecule has 0 saturated carbocycles. The molecule has 0 radical (unpaired) electrons. The summed E-state index contributed by atoms with van der Waals surface area (Å²) in [5.41, 5.74) is 2.18. The van der Waals surface area contributed by atoms with E-state index >= 15 is 0 Å². The van der Waals surface area contributed by atoms with Crippen LogP contribution in [0.4, 0.5) is 5.69 Å². The minimum absolute atomic E-state index is 0.187. The first-order valence-electron chi connectivity index (χ1n) is 12.4. The van der Waals surface area contributed by atoms with Gasteiger partial charge < -0.3 is 10.2 Å². The Hall–Kier alpha value is -4.00. The van der Waals surface area contributed by atoms with E-state index in [4.69, 9.17) is 11.6 Å². The largest absolute Gasteiger partial charge is 0.358 e. The van der Waals surface area contributed by atoms with Crippen LogP contribution in [0.5, 0.6) is 0 Å². The number of nitrogens with zero attached hydrogens (tertiary/aromatic N) is 1. The number of thiophene rings is 1. The quantitative estimate of drug-likeness (QED) is 0.307. The Labute approximate surface area is 228 Å². The van der Waals surface area contributed by atoms with Crippen molar-refractivity contribution in [1.82, 2.24) is 4.90 Å². The van der Waals surface area contributed by atoms with Gasteiger partial charge in [0.15, 0.2) is 11.6 Å². The number of fused-ring (bicyclic) bond motifs is 6. The van der Waals surface area contributed by atoms with Crippen molar-refractivity contribution in [3.63, 3.8) is 0 Å². The number of amides is 1. The van der Waals surface area contributed by atoms with Gasteiger partial charge in [0.1, 0.15) is 11.5 Å². The SMILES string of the molecule is O=C(c1cccs1)[C@@H]1[C@@H](C(=O)c2ccccc2Cl)[C@@]2(C(=O)Nc3ccccc32)[C@H]2c3ccccc3C=CN12. The lowest BCUT2D eigenvalue weighted by molar-refractivity contribution is -0.122. The van der Waals surface area contributed by atoms with Crippen molar-refractivity contribution >= 4 is 52.2 Å². The maximum absolute atomic E-state index is 14.7. The van der Waals surface area contributed by atoms with Crippen molar-refractivity contribution in [2.45, 2.75) is 17.5 Å². The number of anilines is 1. The molecule has 0 bridgehead atoms. The molecule has 1 fully saturated rings. The molecular weight excluding hydrogens is 516 g/mol. The lowest BCUT2D eigenvalue weighted by atomic mass is 9.63. The fraction of sp³-hybridized carbons (Fsp3) is 0.129. The average molecular weight is 537 g/mol. The predicted octanol–water partition coefficient (Wildman–Crippen LogP) is 6.38. The molecule has 4 atom stereocenters. The second kappa shape index (κ2) is 8.51. The topological polar surface area (TPSA) is 66.5 Å². The monoisotopic (exact) mass is 536 g/mol. The van der Waals surface area contributed by atoms with Gasteiger partial charge in [-0.1, -0.05) is 72.3 Å². The van der Waals surface area contributed by atoms with Crippen LogP contribution in [0, 0.1) is 5.92 Å². The zero-order valence-electron chi connectivity index (χ0n) is 20.0. The van der Waals surface area contributed by atoms with E-state index in [0.29, 0.717) is 21.2 Å². The first-order valence-corrected chi connectivity index (χ1v) is 13.6. The van der Waals surface area contributed by atoms with E-state index in [-0.39, 0.29) is 17.5 Å². The molecule has 1 amide bonds. The average Bonchev–Trinajstić information content (AvgIpc) is 3.65. The van der Waals surface area contributed by atoms with Crippen LogP contribution in [-0.2, 0) is 10.2 Å². The molecule has 4 heterocycles. The highest BCUT2D eigenvalue weighted by molar-refractivity contribution is 7.12. The number of nitrogens with one attached hydrogen (secondary N) is 1. The number of hydrogen-bond acceptors (Lipinski definition) is 5. The summed E-state index contributed by atoms with van der Waals surface area (Å²) < 4.78 is 0. The summed E-state index contributed by atoms with van der Waals surface area (Å²) in [6.45, 7) is 0. The molecule has 4 aromatic rings. The molecule has 1 aromatic heterocycles. The van der Waals surface area contributed by atoms with Gasteiger partial charge in [-0.25, -0.2) is 0 Å². The molecule has 38 heavy (non-hydrogen) atoms. The summed E-state index contributed by atoms with van der Waals surface area (Å²) in [5.74, 6) is -1.82. The highest BCUT2D eigenvalue weighted by Crippen LogP contribution is 2.62. The molecule has 3 aromatic carbocycles. The summed E-state index contributed by atoms with van der Waals surface area (Å²) >= 11 is 7.89. The lowest BCUT2D eigenvalue weighted by Crippen LogP contribution is -2.49. The number of para-hydroxylation sites is 1. The summed E-state index contributed by atoms with van der Waals surface area (Å²) in [7, 11) is 0. The van der Waals surface area contributed by atoms with Crippen molar-refractivity contribution < 1.29 is 14.4 Å². The van der Waals surface area contributed by atoms with Crippen LogP contribution in [0.1, 0.15) is 42.8 Å². The van der Waals surface area contributed by atoms with E-state index in [0.717, 1.165) is 16.7 Å². The Morgan fingerprint density at radius 2 is 1.66 bits per heavy atom. The van der Waals surface area contributed by atoms with Crippen molar-refractivity contribution in [3.05, 3.63) is 129 Å². The van der Waals surface area contributed by atoms with Gasteiger partial charge in [0.05, 0.1) is 21.9 Å². The molecule has 0 unspecified atom stereocenters. The van der Waals surface area contributed by atoms with Gasteiger partial charge in [-0.15, -0.1) is 11.3 Å². The summed E-state index contributed by atoms with van der Waals surface area (Å²) in [6.07, 6.45) is 3.83. The lowest BCUT2D eigenvalue weighted by Gasteiger charge is -2.38. The third kappa shape index (κ3) is 3.01. The fourth-order valence-corrected chi connectivity index (χ4v) is 7.49. The Morgan fingerprint density at radius 1 is 0.895 bits per heavy atom. The standard InChI is InChI=1S/C31H21ClN2O3S/c32-22-12-5-3-10-20(22)27(35)25-26(28(36)24-14-7-17-38-24)34-16-15-18-8-1-2-9-19(18)29(34)31(25)21-11-4-6-13-23(21)33-30(31)37/h1-17,25-26,29H,(H,33,37)/t25-,26-,29+,31+/m0/s1. The molecule has 186 valence electrons. The van der Waals surface area contributed by atoms with Crippen molar-refractivity contribution in [2.75, 3.05) is 5.32 Å². The van der Waals surface area contributed by atoms with E-state index < -0.39 is 23.4 Å². The van der Waals surface area contributed by atoms with E-state index in [2.05, 4.69) is 5.32 Å². The van der Waals surface area contributed by atoms with Crippen LogP contribution in [-0.4, -0.2) is 28.4 Å². The van der Waals surface area contributed by atoms with Gasteiger partial charge in [-0.3, -0.25) is 14.4 Å². The predicted molar refractivity (Wildman–Crippen MR) is 149 cm³/mol. The van der Waals surface area contributed by atoms with Crippen LogP contribution in [0.3, 0.4) is 0 Å². The number of carbonyl (C=O) groups is 3. The normalized spacial score (nSPS) is 24.6. The van der Waals surface area contributed by atoms with Gasteiger partial charge >= 0.3 is 0 Å². The third-order valence-corrected chi connectivity index (χ3v) is 9.24. The summed E-state index contributed by atoms with van der Waals surface area (Å²) in [6, 6.07) is 24.3. The maximum Gasteiger partial charge on any atom is 0.238 e. The first kappa shape index (κ1) is 23.1. The number of hydrogen-bond donors (Lipinski definition) is 1. The smallest absolute Gasteiger partial charge is 0.238 e. The minimum Gasteiger partial charge on any atom is -0.358 e. The van der Waals surface area contributed by atoms with Crippen LogP contribution in [0.15, 0.2) is 96.5 Å². The third-order valence-electron chi connectivity index (χ3n) is 8.02. The molecule has 7 heteroatoms. The van der Waals surface area contributed by atoms with Gasteiger partial charge in [-0.05, 0) is 52.4 Å². The summed E-state index contributed by atoms with van der Waals surface area (Å²) in [5, 5.41) is 5.20. The fourth-order valence-electron chi connectivity index (χ4n) is 6.56. The highest BCUT2D eigenvalue weighted by atomic mass is 35.5. The molecule has 1 N–H and O–H groups in total. The second-order valence-electron chi connectivity index (χ2n) is 9.77. The number of halogens is 1. The molecule has 7 rings (SSSR count). The minimum atomic E-state index is -1.36. The van der Waals surface area contributed by atoms with Crippen LogP contribution >= 0.6 is 22.9 Å². The number of benzene rings is 3. The van der Waals surface area contributed by atoms with Gasteiger partial charge in [0.2, 0.25) is 5.91 Å². The van der Waals surface area contributed by atoms with Crippen molar-refractivity contribution in [1.29, 1.82) is 0 Å². The molecule has 0 aliphatic carbocycles. The van der Waals surface area contributed by atoms with Crippen molar-refractivity contribution in [2.24, 2.45) is 5.92 Å². The molecule has 5 nitrogen and oxygen atoms in total. The number of Topliss-reactive ketones (excluding diaryl/α,β-unsaturated/α-hetero) is 2. The maximum atomic E-state index is 14.7. The van der Waals surface area contributed by atoms with E-state index in [9.17, 15) is 14.4 Å². The Kier molecular flexibility index (Phi) is 5.18.